The van der Waals surface area contributed by atoms with Crippen LogP contribution in [0.2, 0.25) is 0 Å². The van der Waals surface area contributed by atoms with Gasteiger partial charge in [-0.25, -0.2) is 9.37 Å². The van der Waals surface area contributed by atoms with E-state index in [2.05, 4.69) is 10.3 Å². The SMILES string of the molecule is CC(=O)Nc1ccc(OCc2nc3cc(F)ccc3s2)c2c1OCCO2. The molecular formula is C18H15FN2O4S. The van der Waals surface area contributed by atoms with Gasteiger partial charge in [0.2, 0.25) is 11.7 Å². The average Bonchev–Trinajstić information content (AvgIpc) is 3.02. The Morgan fingerprint density at radius 2 is 2.08 bits per heavy atom. The third kappa shape index (κ3) is 3.28. The molecule has 8 heteroatoms. The molecule has 0 spiro atoms. The van der Waals surface area contributed by atoms with Crippen LogP contribution >= 0.6 is 11.3 Å². The molecule has 1 aromatic heterocycles. The highest BCUT2D eigenvalue weighted by molar-refractivity contribution is 7.18. The largest absolute Gasteiger partial charge is 0.484 e. The molecular weight excluding hydrogens is 359 g/mol. The van der Waals surface area contributed by atoms with Gasteiger partial charge in [0, 0.05) is 13.0 Å². The van der Waals surface area contributed by atoms with E-state index in [1.807, 2.05) is 0 Å². The molecule has 1 aliphatic heterocycles. The number of benzene rings is 2. The van der Waals surface area contributed by atoms with E-state index < -0.39 is 0 Å². The van der Waals surface area contributed by atoms with Crippen LogP contribution in [-0.4, -0.2) is 24.1 Å². The first-order valence-corrected chi connectivity index (χ1v) is 8.80. The second kappa shape index (κ2) is 6.80. The number of halogens is 1. The summed E-state index contributed by atoms with van der Waals surface area (Å²) in [6.45, 7) is 2.44. The fourth-order valence-corrected chi connectivity index (χ4v) is 3.52. The van der Waals surface area contributed by atoms with Gasteiger partial charge in [-0.15, -0.1) is 11.3 Å². The number of hydrogen-bond donors (Lipinski definition) is 1. The molecule has 2 aromatic carbocycles. The van der Waals surface area contributed by atoms with Gasteiger partial charge in [0.05, 0.1) is 15.9 Å². The number of rotatable bonds is 4. The predicted molar refractivity (Wildman–Crippen MR) is 95.6 cm³/mol. The highest BCUT2D eigenvalue weighted by atomic mass is 32.1. The molecule has 26 heavy (non-hydrogen) atoms. The maximum absolute atomic E-state index is 13.3. The molecule has 1 N–H and O–H groups in total. The first-order chi connectivity index (χ1) is 12.6. The molecule has 0 saturated carbocycles. The molecule has 6 nitrogen and oxygen atoms in total. The van der Waals surface area contributed by atoms with E-state index in [0.717, 1.165) is 9.71 Å². The summed E-state index contributed by atoms with van der Waals surface area (Å²) in [5, 5.41) is 3.44. The van der Waals surface area contributed by atoms with Crippen LogP contribution in [0.1, 0.15) is 11.9 Å². The highest BCUT2D eigenvalue weighted by Gasteiger charge is 2.22. The smallest absolute Gasteiger partial charge is 0.221 e. The van der Waals surface area contributed by atoms with Gasteiger partial charge in [-0.05, 0) is 24.3 Å². The standard InChI is InChI=1S/C18H15FN2O4S/c1-10(22)20-12-3-4-14(18-17(12)23-6-7-24-18)25-9-16-21-13-8-11(19)2-5-15(13)26-16/h2-5,8H,6-7,9H2,1H3,(H,20,22). The molecule has 0 bridgehead atoms. The normalized spacial score (nSPS) is 12.8. The summed E-state index contributed by atoms with van der Waals surface area (Å²) in [5.41, 5.74) is 1.14. The minimum absolute atomic E-state index is 0.197. The van der Waals surface area contributed by atoms with Crippen molar-refractivity contribution in [1.82, 2.24) is 4.98 Å². The summed E-state index contributed by atoms with van der Waals surface area (Å²) < 4.78 is 31.3. The second-order valence-electron chi connectivity index (χ2n) is 5.66. The van der Waals surface area contributed by atoms with Crippen LogP contribution in [0, 0.1) is 5.82 Å². The van der Waals surface area contributed by atoms with Crippen molar-refractivity contribution in [2.75, 3.05) is 18.5 Å². The summed E-state index contributed by atoms with van der Waals surface area (Å²) in [6, 6.07) is 7.93. The van der Waals surface area contributed by atoms with Gasteiger partial charge < -0.3 is 19.5 Å². The number of fused-ring (bicyclic) bond motifs is 2. The minimum atomic E-state index is -0.316. The van der Waals surface area contributed by atoms with Gasteiger partial charge in [-0.2, -0.15) is 0 Å². The number of hydrogen-bond acceptors (Lipinski definition) is 6. The zero-order valence-electron chi connectivity index (χ0n) is 13.9. The van der Waals surface area contributed by atoms with Crippen molar-refractivity contribution in [3.63, 3.8) is 0 Å². The fraction of sp³-hybridized carbons (Fsp3) is 0.222. The lowest BCUT2D eigenvalue weighted by molar-refractivity contribution is -0.114. The molecule has 1 aliphatic rings. The van der Waals surface area contributed by atoms with E-state index in [-0.39, 0.29) is 18.3 Å². The van der Waals surface area contributed by atoms with E-state index in [0.29, 0.717) is 41.7 Å². The number of carbonyl (C=O) groups is 1. The lowest BCUT2D eigenvalue weighted by Gasteiger charge is -2.23. The van der Waals surface area contributed by atoms with Crippen LogP contribution in [0.25, 0.3) is 10.2 Å². The summed E-state index contributed by atoms with van der Waals surface area (Å²) in [5.74, 6) is 0.893. The number of aromatic nitrogens is 1. The number of amides is 1. The van der Waals surface area contributed by atoms with Crippen molar-refractivity contribution in [2.24, 2.45) is 0 Å². The molecule has 3 aromatic rings. The second-order valence-corrected chi connectivity index (χ2v) is 6.77. The molecule has 134 valence electrons. The van der Waals surface area contributed by atoms with Crippen LogP contribution in [0.4, 0.5) is 10.1 Å². The van der Waals surface area contributed by atoms with Crippen molar-refractivity contribution < 1.29 is 23.4 Å². The predicted octanol–water partition coefficient (Wildman–Crippen LogP) is 3.74. The first kappa shape index (κ1) is 16.6. The van der Waals surface area contributed by atoms with Gasteiger partial charge in [-0.1, -0.05) is 0 Å². The molecule has 1 amide bonds. The number of thiazole rings is 1. The van der Waals surface area contributed by atoms with E-state index in [1.54, 1.807) is 18.2 Å². The highest BCUT2D eigenvalue weighted by Crippen LogP contribution is 2.45. The van der Waals surface area contributed by atoms with Gasteiger partial charge in [-0.3, -0.25) is 4.79 Å². The quantitative estimate of drug-likeness (QED) is 0.753. The number of nitrogens with zero attached hydrogens (tertiary/aromatic N) is 1. The van der Waals surface area contributed by atoms with E-state index in [9.17, 15) is 9.18 Å². The molecule has 2 heterocycles. The van der Waals surface area contributed by atoms with Crippen molar-refractivity contribution >= 4 is 33.1 Å². The van der Waals surface area contributed by atoms with Gasteiger partial charge in [0.1, 0.15) is 30.6 Å². The Labute approximate surface area is 152 Å². The third-order valence-corrected chi connectivity index (χ3v) is 4.72. The number of nitrogens with one attached hydrogen (secondary N) is 1. The zero-order valence-corrected chi connectivity index (χ0v) is 14.7. The number of anilines is 1. The van der Waals surface area contributed by atoms with Gasteiger partial charge >= 0.3 is 0 Å². The Hall–Kier alpha value is -2.87. The molecule has 0 unspecified atom stereocenters. The maximum atomic E-state index is 13.3. The van der Waals surface area contributed by atoms with E-state index in [1.165, 1.54) is 30.4 Å². The summed E-state index contributed by atoms with van der Waals surface area (Å²) in [6.07, 6.45) is 0. The average molecular weight is 374 g/mol. The molecule has 0 atom stereocenters. The molecule has 0 saturated heterocycles. The fourth-order valence-electron chi connectivity index (χ4n) is 2.66. The van der Waals surface area contributed by atoms with Crippen molar-refractivity contribution in [3.05, 3.63) is 41.2 Å². The van der Waals surface area contributed by atoms with Crippen molar-refractivity contribution in [2.45, 2.75) is 13.5 Å². The van der Waals surface area contributed by atoms with E-state index in [4.69, 9.17) is 14.2 Å². The van der Waals surface area contributed by atoms with Crippen LogP contribution in [-0.2, 0) is 11.4 Å². The Balaban J connectivity index is 1.58. The first-order valence-electron chi connectivity index (χ1n) is 7.98. The maximum Gasteiger partial charge on any atom is 0.221 e. The lowest BCUT2D eigenvalue weighted by atomic mass is 10.2. The third-order valence-electron chi connectivity index (χ3n) is 3.71. The summed E-state index contributed by atoms with van der Waals surface area (Å²) in [4.78, 5) is 15.7. The summed E-state index contributed by atoms with van der Waals surface area (Å²) in [7, 11) is 0. The van der Waals surface area contributed by atoms with Crippen LogP contribution in [0.15, 0.2) is 30.3 Å². The Morgan fingerprint density at radius 3 is 2.88 bits per heavy atom. The lowest BCUT2D eigenvalue weighted by Crippen LogP contribution is -2.18. The zero-order chi connectivity index (χ0) is 18.1. The van der Waals surface area contributed by atoms with Gasteiger partial charge in [0.15, 0.2) is 11.5 Å². The molecule has 0 fully saturated rings. The van der Waals surface area contributed by atoms with Gasteiger partial charge in [0.25, 0.3) is 0 Å². The molecule has 0 radical (unpaired) electrons. The van der Waals surface area contributed by atoms with Crippen molar-refractivity contribution in [3.8, 4) is 17.2 Å². The molecule has 4 rings (SSSR count). The number of ether oxygens (including phenoxy) is 3. The number of carbonyl (C=O) groups excluding carboxylic acids is 1. The Morgan fingerprint density at radius 1 is 1.27 bits per heavy atom. The summed E-state index contributed by atoms with van der Waals surface area (Å²) >= 11 is 1.44. The monoisotopic (exact) mass is 374 g/mol. The Kier molecular flexibility index (Phi) is 4.34. The Bertz CT molecular complexity index is 989. The van der Waals surface area contributed by atoms with Crippen LogP contribution in [0.5, 0.6) is 17.2 Å². The van der Waals surface area contributed by atoms with Crippen molar-refractivity contribution in [1.29, 1.82) is 0 Å². The molecule has 0 aliphatic carbocycles. The minimum Gasteiger partial charge on any atom is -0.484 e. The van der Waals surface area contributed by atoms with Crippen LogP contribution < -0.4 is 19.5 Å². The van der Waals surface area contributed by atoms with E-state index >= 15 is 0 Å². The topological polar surface area (TPSA) is 69.7 Å². The van der Waals surface area contributed by atoms with Crippen LogP contribution in [0.3, 0.4) is 0 Å².